The Kier molecular flexibility index (Phi) is 6.07. The molecular formula is C24H32N6O3. The SMILES string of the molecule is C[C@H]1CCc2c(ccc3c2nc(CCn2cccn2)n3CCN(C)[C@H]2CCOC2)N1C(=O)O. The third-order valence-electron chi connectivity index (χ3n) is 7.13. The normalized spacial score (nSPS) is 20.6. The highest BCUT2D eigenvalue weighted by molar-refractivity contribution is 5.94. The molecule has 9 nitrogen and oxygen atoms in total. The molecule has 33 heavy (non-hydrogen) atoms. The summed E-state index contributed by atoms with van der Waals surface area (Å²) in [6.45, 7) is 6.09. The molecule has 1 N–H and O–H groups in total. The average molecular weight is 453 g/mol. The molecule has 3 aromatic rings. The first kappa shape index (κ1) is 21.9. The van der Waals surface area contributed by atoms with Crippen LogP contribution in [0.4, 0.5) is 10.5 Å². The number of carboxylic acid groups (broad SMARTS) is 1. The Hall–Kier alpha value is -2.91. The van der Waals surface area contributed by atoms with Crippen LogP contribution in [0.1, 0.15) is 31.2 Å². The Labute approximate surface area is 193 Å². The van der Waals surface area contributed by atoms with E-state index < -0.39 is 6.09 Å². The number of hydrogen-bond acceptors (Lipinski definition) is 5. The van der Waals surface area contributed by atoms with Crippen LogP contribution in [0.3, 0.4) is 0 Å². The first-order valence-corrected chi connectivity index (χ1v) is 11.8. The molecule has 4 heterocycles. The Bertz CT molecular complexity index is 1120. The molecule has 2 aliphatic heterocycles. The van der Waals surface area contributed by atoms with Crippen molar-refractivity contribution >= 4 is 22.8 Å². The minimum atomic E-state index is -0.901. The number of benzene rings is 1. The zero-order valence-electron chi connectivity index (χ0n) is 19.4. The smallest absolute Gasteiger partial charge is 0.412 e. The van der Waals surface area contributed by atoms with Crippen LogP contribution >= 0.6 is 0 Å². The van der Waals surface area contributed by atoms with Crippen LogP contribution in [0, 0.1) is 0 Å². The zero-order valence-corrected chi connectivity index (χ0v) is 19.4. The maximum atomic E-state index is 11.9. The largest absolute Gasteiger partial charge is 0.465 e. The predicted octanol–water partition coefficient (Wildman–Crippen LogP) is 3.02. The van der Waals surface area contributed by atoms with Crippen LogP contribution in [0.5, 0.6) is 0 Å². The summed E-state index contributed by atoms with van der Waals surface area (Å²) in [4.78, 5) is 20.9. The lowest BCUT2D eigenvalue weighted by Gasteiger charge is -2.33. The van der Waals surface area contributed by atoms with Gasteiger partial charge in [0, 0.05) is 62.7 Å². The lowest BCUT2D eigenvalue weighted by molar-refractivity contribution is 0.157. The number of fused-ring (bicyclic) bond motifs is 3. The standard InChI is InChI=1S/C24H32N6O3/c1-17-4-5-19-20(30(17)24(31)32)6-7-21-23(19)26-22(8-12-28-11-3-10-25-28)29(21)14-13-27(2)18-9-15-33-16-18/h3,6-7,10-11,17-18H,4-5,8-9,12-16H2,1-2H3,(H,31,32)/t17-,18-/m0/s1. The minimum absolute atomic E-state index is 0.0314. The molecule has 2 aromatic heterocycles. The summed E-state index contributed by atoms with van der Waals surface area (Å²) in [5, 5.41) is 14.1. The van der Waals surface area contributed by atoms with Crippen LogP contribution in [0.25, 0.3) is 11.0 Å². The number of nitrogens with zero attached hydrogens (tertiary/aromatic N) is 6. The van der Waals surface area contributed by atoms with E-state index in [1.807, 2.05) is 36.0 Å². The number of likely N-dealkylation sites (N-methyl/N-ethyl adjacent to an activating group) is 1. The third-order valence-corrected chi connectivity index (χ3v) is 7.13. The van der Waals surface area contributed by atoms with Crippen LogP contribution in [0.15, 0.2) is 30.6 Å². The van der Waals surface area contributed by atoms with Gasteiger partial charge in [0.1, 0.15) is 5.82 Å². The molecule has 0 aliphatic carbocycles. The van der Waals surface area contributed by atoms with Crippen molar-refractivity contribution in [3.63, 3.8) is 0 Å². The molecular weight excluding hydrogens is 420 g/mol. The molecule has 1 amide bonds. The molecule has 1 saturated heterocycles. The Morgan fingerprint density at radius 1 is 1.30 bits per heavy atom. The van der Waals surface area contributed by atoms with E-state index in [4.69, 9.17) is 9.72 Å². The van der Waals surface area contributed by atoms with E-state index in [0.29, 0.717) is 6.04 Å². The van der Waals surface area contributed by atoms with Crippen LogP contribution < -0.4 is 4.90 Å². The number of aryl methyl sites for hydroxylation is 3. The van der Waals surface area contributed by atoms with E-state index in [9.17, 15) is 9.90 Å². The van der Waals surface area contributed by atoms with Gasteiger partial charge < -0.3 is 14.4 Å². The van der Waals surface area contributed by atoms with Gasteiger partial charge in [-0.05, 0) is 51.4 Å². The van der Waals surface area contributed by atoms with E-state index in [0.717, 1.165) is 86.6 Å². The molecule has 9 heteroatoms. The maximum Gasteiger partial charge on any atom is 0.412 e. The number of hydrogen-bond donors (Lipinski definition) is 1. The quantitative estimate of drug-likeness (QED) is 0.593. The molecule has 5 rings (SSSR count). The van der Waals surface area contributed by atoms with Gasteiger partial charge in [0.2, 0.25) is 0 Å². The van der Waals surface area contributed by atoms with Gasteiger partial charge in [0.15, 0.2) is 0 Å². The average Bonchev–Trinajstić information content (AvgIpc) is 3.56. The van der Waals surface area contributed by atoms with Crippen molar-refractivity contribution < 1.29 is 14.6 Å². The van der Waals surface area contributed by atoms with E-state index in [2.05, 4.69) is 21.6 Å². The fraction of sp³-hybridized carbons (Fsp3) is 0.542. The molecule has 1 fully saturated rings. The van der Waals surface area contributed by atoms with Gasteiger partial charge >= 0.3 is 6.09 Å². The summed E-state index contributed by atoms with van der Waals surface area (Å²) in [5.41, 5.74) is 3.84. The summed E-state index contributed by atoms with van der Waals surface area (Å²) in [6.07, 6.45) is 6.34. The van der Waals surface area contributed by atoms with Crippen molar-refractivity contribution in [3.8, 4) is 0 Å². The number of ether oxygens (including phenoxy) is 1. The second-order valence-electron chi connectivity index (χ2n) is 9.17. The fourth-order valence-corrected chi connectivity index (χ4v) is 5.17. The van der Waals surface area contributed by atoms with E-state index in [1.54, 1.807) is 6.20 Å². The number of amides is 1. The molecule has 0 spiro atoms. The molecule has 2 atom stereocenters. The topological polar surface area (TPSA) is 88.7 Å². The number of anilines is 1. The van der Waals surface area contributed by atoms with Crippen molar-refractivity contribution in [2.75, 3.05) is 31.7 Å². The summed E-state index contributed by atoms with van der Waals surface area (Å²) >= 11 is 0. The number of carbonyl (C=O) groups is 1. The van der Waals surface area contributed by atoms with Gasteiger partial charge in [0.05, 0.1) is 23.3 Å². The minimum Gasteiger partial charge on any atom is -0.465 e. The third kappa shape index (κ3) is 4.22. The molecule has 0 unspecified atom stereocenters. The van der Waals surface area contributed by atoms with Gasteiger partial charge in [-0.2, -0.15) is 5.10 Å². The summed E-state index contributed by atoms with van der Waals surface area (Å²) in [7, 11) is 2.16. The van der Waals surface area contributed by atoms with Crippen molar-refractivity contribution in [1.82, 2.24) is 24.2 Å². The van der Waals surface area contributed by atoms with Gasteiger partial charge in [-0.3, -0.25) is 14.5 Å². The van der Waals surface area contributed by atoms with Crippen LogP contribution in [0.2, 0.25) is 0 Å². The van der Waals surface area contributed by atoms with Crippen LogP contribution in [-0.4, -0.2) is 74.3 Å². The second kappa shape index (κ2) is 9.15. The van der Waals surface area contributed by atoms with Crippen molar-refractivity contribution in [1.29, 1.82) is 0 Å². The van der Waals surface area contributed by atoms with Crippen molar-refractivity contribution in [2.24, 2.45) is 0 Å². The summed E-state index contributed by atoms with van der Waals surface area (Å²) < 4.78 is 9.81. The summed E-state index contributed by atoms with van der Waals surface area (Å²) in [6, 6.07) is 6.37. The number of imidazole rings is 1. The van der Waals surface area contributed by atoms with Gasteiger partial charge in [-0.15, -0.1) is 0 Å². The predicted molar refractivity (Wildman–Crippen MR) is 126 cm³/mol. The maximum absolute atomic E-state index is 11.9. The number of rotatable bonds is 7. The lowest BCUT2D eigenvalue weighted by atomic mass is 9.96. The highest BCUT2D eigenvalue weighted by atomic mass is 16.5. The highest BCUT2D eigenvalue weighted by Crippen LogP contribution is 2.36. The fourth-order valence-electron chi connectivity index (χ4n) is 5.17. The molecule has 176 valence electrons. The molecule has 1 aromatic carbocycles. The zero-order chi connectivity index (χ0) is 22.9. The monoisotopic (exact) mass is 452 g/mol. The lowest BCUT2D eigenvalue weighted by Crippen LogP contribution is -2.41. The van der Waals surface area contributed by atoms with Gasteiger partial charge in [-0.25, -0.2) is 9.78 Å². The van der Waals surface area contributed by atoms with Gasteiger partial charge in [-0.1, -0.05) is 0 Å². The van der Waals surface area contributed by atoms with E-state index >= 15 is 0 Å². The Balaban J connectivity index is 1.49. The first-order chi connectivity index (χ1) is 16.0. The highest BCUT2D eigenvalue weighted by Gasteiger charge is 2.30. The van der Waals surface area contributed by atoms with Gasteiger partial charge in [0.25, 0.3) is 0 Å². The second-order valence-corrected chi connectivity index (χ2v) is 9.17. The summed E-state index contributed by atoms with van der Waals surface area (Å²) in [5.74, 6) is 1.02. The molecule has 2 aliphatic rings. The van der Waals surface area contributed by atoms with E-state index in [1.165, 1.54) is 4.90 Å². The Morgan fingerprint density at radius 2 is 2.18 bits per heavy atom. The molecule has 0 radical (unpaired) electrons. The molecule has 0 saturated carbocycles. The molecule has 0 bridgehead atoms. The Morgan fingerprint density at radius 3 is 2.91 bits per heavy atom. The van der Waals surface area contributed by atoms with Crippen molar-refractivity contribution in [3.05, 3.63) is 42.0 Å². The number of aromatic nitrogens is 4. The van der Waals surface area contributed by atoms with E-state index in [-0.39, 0.29) is 6.04 Å². The van der Waals surface area contributed by atoms with Crippen molar-refractivity contribution in [2.45, 2.75) is 57.8 Å². The van der Waals surface area contributed by atoms with Crippen LogP contribution in [-0.2, 0) is 30.7 Å². The first-order valence-electron chi connectivity index (χ1n) is 11.8.